The van der Waals surface area contributed by atoms with Crippen molar-refractivity contribution in [1.82, 2.24) is 0 Å². The first-order valence-electron chi connectivity index (χ1n) is 4.43. The molecule has 1 aromatic rings. The van der Waals surface area contributed by atoms with E-state index >= 15 is 0 Å². The first kappa shape index (κ1) is 12.2. The molecule has 0 saturated carbocycles. The summed E-state index contributed by atoms with van der Waals surface area (Å²) in [7, 11) is 0. The molecule has 0 aliphatic rings. The minimum Gasteiger partial charge on any atom is -0.288 e. The van der Waals surface area contributed by atoms with E-state index in [0.717, 1.165) is 5.56 Å². The summed E-state index contributed by atoms with van der Waals surface area (Å²) in [5, 5.41) is 8.61. The van der Waals surface area contributed by atoms with Gasteiger partial charge in [0, 0.05) is 0 Å². The smallest absolute Gasteiger partial charge is 0.288 e. The lowest BCUT2D eigenvalue weighted by Crippen LogP contribution is -2.28. The molecule has 2 nitrogen and oxygen atoms in total. The van der Waals surface area contributed by atoms with Crippen LogP contribution in [0, 0.1) is 18.3 Å². The van der Waals surface area contributed by atoms with E-state index in [1.165, 1.54) is 18.2 Å². The number of Topliss-reactive ketones (excluding diaryl/α,β-unsaturated/α-hetero) is 1. The van der Waals surface area contributed by atoms with Gasteiger partial charge < -0.3 is 0 Å². The Kier molecular flexibility index (Phi) is 3.33. The molecule has 1 unspecified atom stereocenters. The maximum absolute atomic E-state index is 12.2. The Morgan fingerprint density at radius 1 is 1.31 bits per heavy atom. The van der Waals surface area contributed by atoms with Gasteiger partial charge in [-0.25, -0.2) is 0 Å². The number of hydrogen-bond donors (Lipinski definition) is 0. The molecule has 0 fully saturated rings. The van der Waals surface area contributed by atoms with Crippen LogP contribution in [0.1, 0.15) is 17.0 Å². The number of carbonyl (C=O) groups is 1. The van der Waals surface area contributed by atoms with Crippen LogP contribution in [-0.2, 0) is 4.79 Å². The van der Waals surface area contributed by atoms with Crippen LogP contribution < -0.4 is 0 Å². The Hall–Kier alpha value is -1.83. The summed E-state index contributed by atoms with van der Waals surface area (Å²) in [5.74, 6) is -3.81. The van der Waals surface area contributed by atoms with E-state index in [9.17, 15) is 18.0 Å². The van der Waals surface area contributed by atoms with E-state index in [1.54, 1.807) is 19.1 Å². The molecule has 0 N–H and O–H groups in total. The standard InChI is InChI=1S/C11H8F3NO/c1-7-2-4-8(5-3-7)9(6-15)10(16)11(12,13)14/h2-5,9H,1H3. The van der Waals surface area contributed by atoms with Crippen molar-refractivity contribution in [3.63, 3.8) is 0 Å². The second-order valence-corrected chi connectivity index (χ2v) is 3.33. The van der Waals surface area contributed by atoms with E-state index in [-0.39, 0.29) is 5.56 Å². The van der Waals surface area contributed by atoms with E-state index in [1.807, 2.05) is 0 Å². The Bertz CT molecular complexity index is 428. The number of nitrogens with zero attached hydrogens (tertiary/aromatic N) is 1. The third-order valence-corrected chi connectivity index (χ3v) is 2.08. The molecular weight excluding hydrogens is 219 g/mol. The number of halogens is 3. The molecule has 1 atom stereocenters. The quantitative estimate of drug-likeness (QED) is 0.779. The predicted molar refractivity (Wildman–Crippen MR) is 50.6 cm³/mol. The van der Waals surface area contributed by atoms with E-state index in [4.69, 9.17) is 5.26 Å². The fraction of sp³-hybridized carbons (Fsp3) is 0.273. The van der Waals surface area contributed by atoms with Crippen LogP contribution in [0.25, 0.3) is 0 Å². The van der Waals surface area contributed by atoms with E-state index < -0.39 is 17.9 Å². The monoisotopic (exact) mass is 227 g/mol. The molecule has 5 heteroatoms. The van der Waals surface area contributed by atoms with Crippen molar-refractivity contribution in [2.75, 3.05) is 0 Å². The van der Waals surface area contributed by atoms with Gasteiger partial charge in [0.05, 0.1) is 6.07 Å². The zero-order chi connectivity index (χ0) is 12.3. The third-order valence-electron chi connectivity index (χ3n) is 2.08. The molecule has 0 heterocycles. The molecule has 0 radical (unpaired) electrons. The molecule has 0 saturated heterocycles. The summed E-state index contributed by atoms with van der Waals surface area (Å²) in [6.07, 6.45) is -4.98. The van der Waals surface area contributed by atoms with Gasteiger partial charge in [0.2, 0.25) is 0 Å². The van der Waals surface area contributed by atoms with Crippen molar-refractivity contribution >= 4 is 5.78 Å². The molecule has 0 aromatic heterocycles. The number of benzene rings is 1. The average molecular weight is 227 g/mol. The number of ketones is 1. The highest BCUT2D eigenvalue weighted by Gasteiger charge is 2.44. The van der Waals surface area contributed by atoms with Crippen LogP contribution in [0.4, 0.5) is 13.2 Å². The lowest BCUT2D eigenvalue weighted by atomic mass is 9.95. The Morgan fingerprint density at radius 3 is 2.19 bits per heavy atom. The van der Waals surface area contributed by atoms with Crippen molar-refractivity contribution in [3.8, 4) is 6.07 Å². The zero-order valence-corrected chi connectivity index (χ0v) is 8.38. The Balaban J connectivity index is 3.06. The van der Waals surface area contributed by atoms with Crippen molar-refractivity contribution in [2.45, 2.75) is 19.0 Å². The lowest BCUT2D eigenvalue weighted by Gasteiger charge is -2.10. The number of alkyl halides is 3. The second-order valence-electron chi connectivity index (χ2n) is 3.33. The van der Waals surface area contributed by atoms with Gasteiger partial charge in [-0.1, -0.05) is 29.8 Å². The maximum atomic E-state index is 12.2. The van der Waals surface area contributed by atoms with Crippen molar-refractivity contribution < 1.29 is 18.0 Å². The molecule has 1 aromatic carbocycles. The van der Waals surface area contributed by atoms with Gasteiger partial charge in [0.25, 0.3) is 5.78 Å². The average Bonchev–Trinajstić information content (AvgIpc) is 2.20. The molecular formula is C11H8F3NO. The first-order valence-corrected chi connectivity index (χ1v) is 4.43. The van der Waals surface area contributed by atoms with Crippen molar-refractivity contribution in [2.24, 2.45) is 0 Å². The number of nitriles is 1. The minimum absolute atomic E-state index is 0.0652. The third kappa shape index (κ3) is 2.60. The number of carbonyl (C=O) groups excluding carboxylic acids is 1. The van der Waals surface area contributed by atoms with Gasteiger partial charge in [0.15, 0.2) is 0 Å². The van der Waals surface area contributed by atoms with E-state index in [2.05, 4.69) is 0 Å². The highest BCUT2D eigenvalue weighted by Crippen LogP contribution is 2.27. The van der Waals surface area contributed by atoms with Gasteiger partial charge in [-0.05, 0) is 12.5 Å². The Labute approximate surface area is 90.3 Å². The van der Waals surface area contributed by atoms with Gasteiger partial charge in [0.1, 0.15) is 5.92 Å². The SMILES string of the molecule is Cc1ccc(C(C#N)C(=O)C(F)(F)F)cc1. The lowest BCUT2D eigenvalue weighted by molar-refractivity contribution is -0.171. The molecule has 84 valence electrons. The second kappa shape index (κ2) is 4.35. The molecule has 0 aliphatic heterocycles. The number of rotatable bonds is 2. The number of hydrogen-bond acceptors (Lipinski definition) is 2. The summed E-state index contributed by atoms with van der Waals surface area (Å²) in [6.45, 7) is 1.76. The fourth-order valence-corrected chi connectivity index (χ4v) is 1.21. The zero-order valence-electron chi connectivity index (χ0n) is 8.38. The predicted octanol–water partition coefficient (Wildman–Crippen LogP) is 2.73. The van der Waals surface area contributed by atoms with Crippen molar-refractivity contribution in [3.05, 3.63) is 35.4 Å². The molecule has 1 rings (SSSR count). The molecule has 0 spiro atoms. The topological polar surface area (TPSA) is 40.9 Å². The molecule has 0 aliphatic carbocycles. The van der Waals surface area contributed by atoms with Crippen LogP contribution in [0.5, 0.6) is 0 Å². The largest absolute Gasteiger partial charge is 0.451 e. The highest BCUT2D eigenvalue weighted by molar-refractivity contribution is 5.92. The minimum atomic E-state index is -4.98. The molecule has 0 bridgehead atoms. The van der Waals surface area contributed by atoms with Crippen LogP contribution >= 0.6 is 0 Å². The van der Waals surface area contributed by atoms with Gasteiger partial charge >= 0.3 is 6.18 Å². The summed E-state index contributed by atoms with van der Waals surface area (Å²) in [4.78, 5) is 10.9. The summed E-state index contributed by atoms with van der Waals surface area (Å²) in [6, 6.07) is 7.20. The summed E-state index contributed by atoms with van der Waals surface area (Å²) >= 11 is 0. The van der Waals surface area contributed by atoms with Gasteiger partial charge in [-0.15, -0.1) is 0 Å². The first-order chi connectivity index (χ1) is 7.36. The Morgan fingerprint density at radius 2 is 1.81 bits per heavy atom. The normalized spacial score (nSPS) is 12.9. The number of aryl methyl sites for hydroxylation is 1. The van der Waals surface area contributed by atoms with Crippen LogP contribution in [0.15, 0.2) is 24.3 Å². The fourth-order valence-electron chi connectivity index (χ4n) is 1.21. The summed E-state index contributed by atoms with van der Waals surface area (Å²) in [5.41, 5.74) is 0.912. The van der Waals surface area contributed by atoms with E-state index in [0.29, 0.717) is 0 Å². The van der Waals surface area contributed by atoms with Gasteiger partial charge in [-0.2, -0.15) is 18.4 Å². The highest BCUT2D eigenvalue weighted by atomic mass is 19.4. The molecule has 0 amide bonds. The van der Waals surface area contributed by atoms with Crippen LogP contribution in [0.2, 0.25) is 0 Å². The van der Waals surface area contributed by atoms with Gasteiger partial charge in [-0.3, -0.25) is 4.79 Å². The molecule has 16 heavy (non-hydrogen) atoms. The summed E-state index contributed by atoms with van der Waals surface area (Å²) < 4.78 is 36.5. The maximum Gasteiger partial charge on any atom is 0.451 e. The van der Waals surface area contributed by atoms with Crippen molar-refractivity contribution in [1.29, 1.82) is 5.26 Å². The van der Waals surface area contributed by atoms with Crippen LogP contribution in [-0.4, -0.2) is 12.0 Å². The van der Waals surface area contributed by atoms with Crippen LogP contribution in [0.3, 0.4) is 0 Å².